The fraction of sp³-hybridized carbons (Fsp3) is 0.261. The van der Waals surface area contributed by atoms with Crippen LogP contribution in [0.15, 0.2) is 40.4 Å². The molecule has 4 amide bonds. The molecule has 1 aliphatic heterocycles. The van der Waals surface area contributed by atoms with E-state index >= 15 is 0 Å². The van der Waals surface area contributed by atoms with E-state index in [0.717, 1.165) is 16.9 Å². The summed E-state index contributed by atoms with van der Waals surface area (Å²) in [5.74, 6) is -0.514. The summed E-state index contributed by atoms with van der Waals surface area (Å²) in [4.78, 5) is 38.9. The average Bonchev–Trinajstić information content (AvgIpc) is 2.73. The fourth-order valence-corrected chi connectivity index (χ4v) is 3.81. The molecule has 0 bridgehead atoms. The molecule has 1 N–H and O–H groups in total. The number of urea groups is 1. The molecule has 0 aliphatic carbocycles. The van der Waals surface area contributed by atoms with E-state index in [1.165, 1.54) is 12.1 Å². The summed E-state index contributed by atoms with van der Waals surface area (Å²) < 4.78 is 12.1. The highest BCUT2D eigenvalue weighted by molar-refractivity contribution is 9.10. The number of rotatable bonds is 7. The zero-order chi connectivity index (χ0) is 23.4. The third-order valence-corrected chi connectivity index (χ3v) is 5.60. The maximum absolute atomic E-state index is 13.1. The van der Waals surface area contributed by atoms with Crippen molar-refractivity contribution in [3.8, 4) is 11.5 Å². The minimum Gasteiger partial charge on any atom is -0.490 e. The molecule has 0 unspecified atom stereocenters. The van der Waals surface area contributed by atoms with E-state index in [4.69, 9.17) is 21.1 Å². The van der Waals surface area contributed by atoms with Crippen LogP contribution in [-0.4, -0.2) is 31.1 Å². The number of ether oxygens (including phenoxy) is 2. The Morgan fingerprint density at radius 2 is 1.88 bits per heavy atom. The molecular formula is C23H22BrClN2O5. The molecule has 2 aromatic rings. The van der Waals surface area contributed by atoms with Gasteiger partial charge in [0.1, 0.15) is 5.57 Å². The van der Waals surface area contributed by atoms with Gasteiger partial charge in [-0.05, 0) is 77.7 Å². The minimum absolute atomic E-state index is 0.196. The standard InChI is InChI=1S/C23H22BrClN2O5/c1-4-8-32-20-17(24)10-14(11-19(20)31-5-2)9-16-21(28)26-23(30)27(22(16)29)15-7-6-13(3)18(25)12-15/h6-7,9-12H,4-5,8H2,1-3H3,(H,26,28,30)/b16-9+. The van der Waals surface area contributed by atoms with Crippen molar-refractivity contribution >= 4 is 57.1 Å². The van der Waals surface area contributed by atoms with E-state index in [9.17, 15) is 14.4 Å². The van der Waals surface area contributed by atoms with Crippen LogP contribution < -0.4 is 19.7 Å². The van der Waals surface area contributed by atoms with Crippen LogP contribution >= 0.6 is 27.5 Å². The maximum Gasteiger partial charge on any atom is 0.335 e. The van der Waals surface area contributed by atoms with E-state index < -0.39 is 17.8 Å². The van der Waals surface area contributed by atoms with Gasteiger partial charge in [-0.1, -0.05) is 24.6 Å². The third kappa shape index (κ3) is 4.97. The SMILES string of the molecule is CCCOc1c(Br)cc(/C=C2\C(=O)NC(=O)N(c3ccc(C)c(Cl)c3)C2=O)cc1OCC. The maximum atomic E-state index is 13.1. The van der Waals surface area contributed by atoms with Gasteiger partial charge >= 0.3 is 6.03 Å². The second-order valence-electron chi connectivity index (χ2n) is 7.00. The molecule has 3 rings (SSSR count). The number of imide groups is 2. The lowest BCUT2D eigenvalue weighted by atomic mass is 10.1. The molecule has 168 valence electrons. The van der Waals surface area contributed by atoms with Gasteiger partial charge in [0.15, 0.2) is 11.5 Å². The van der Waals surface area contributed by atoms with Crippen LogP contribution in [-0.2, 0) is 9.59 Å². The number of nitrogens with one attached hydrogen (secondary N) is 1. The lowest BCUT2D eigenvalue weighted by molar-refractivity contribution is -0.122. The number of hydrogen-bond acceptors (Lipinski definition) is 5. The molecule has 1 aliphatic rings. The number of nitrogens with zero attached hydrogens (tertiary/aromatic N) is 1. The summed E-state index contributed by atoms with van der Waals surface area (Å²) in [5, 5.41) is 2.61. The number of amides is 4. The molecule has 0 atom stereocenters. The molecule has 1 saturated heterocycles. The smallest absolute Gasteiger partial charge is 0.335 e. The van der Waals surface area contributed by atoms with Crippen molar-refractivity contribution in [3.63, 3.8) is 0 Å². The lowest BCUT2D eigenvalue weighted by Gasteiger charge is -2.26. The second-order valence-corrected chi connectivity index (χ2v) is 8.26. The summed E-state index contributed by atoms with van der Waals surface area (Å²) >= 11 is 9.62. The third-order valence-electron chi connectivity index (χ3n) is 4.61. The number of halogens is 2. The molecule has 1 heterocycles. The number of anilines is 1. The van der Waals surface area contributed by atoms with Crippen LogP contribution in [0.25, 0.3) is 6.08 Å². The molecular weight excluding hydrogens is 500 g/mol. The molecule has 9 heteroatoms. The molecule has 0 spiro atoms. The van der Waals surface area contributed by atoms with Crippen LogP contribution in [0.1, 0.15) is 31.4 Å². The van der Waals surface area contributed by atoms with Crippen molar-refractivity contribution in [1.82, 2.24) is 5.32 Å². The van der Waals surface area contributed by atoms with Crippen LogP contribution in [0, 0.1) is 6.92 Å². The Morgan fingerprint density at radius 3 is 2.53 bits per heavy atom. The highest BCUT2D eigenvalue weighted by Gasteiger charge is 2.37. The Bertz CT molecular complexity index is 1120. The normalized spacial score (nSPS) is 15.2. The number of hydrogen-bond donors (Lipinski definition) is 1. The Hall–Kier alpha value is -2.84. The predicted octanol–water partition coefficient (Wildman–Crippen LogP) is 5.26. The van der Waals surface area contributed by atoms with Crippen LogP contribution in [0.5, 0.6) is 11.5 Å². The van der Waals surface area contributed by atoms with E-state index in [1.54, 1.807) is 31.2 Å². The highest BCUT2D eigenvalue weighted by atomic mass is 79.9. The summed E-state index contributed by atoms with van der Waals surface area (Å²) in [5.41, 5.74) is 1.39. The Balaban J connectivity index is 2.02. The van der Waals surface area contributed by atoms with Crippen molar-refractivity contribution < 1.29 is 23.9 Å². The van der Waals surface area contributed by atoms with Crippen molar-refractivity contribution in [3.05, 3.63) is 56.5 Å². The van der Waals surface area contributed by atoms with E-state index in [0.29, 0.717) is 39.8 Å². The Morgan fingerprint density at radius 1 is 1.12 bits per heavy atom. The predicted molar refractivity (Wildman–Crippen MR) is 126 cm³/mol. The molecule has 0 saturated carbocycles. The van der Waals surface area contributed by atoms with Crippen LogP contribution in [0.4, 0.5) is 10.5 Å². The lowest BCUT2D eigenvalue weighted by Crippen LogP contribution is -2.54. The number of benzene rings is 2. The summed E-state index contributed by atoms with van der Waals surface area (Å²) in [7, 11) is 0. The topological polar surface area (TPSA) is 84.9 Å². The van der Waals surface area contributed by atoms with Gasteiger partial charge in [-0.15, -0.1) is 0 Å². The van der Waals surface area contributed by atoms with Gasteiger partial charge in [0.2, 0.25) is 0 Å². The first-order chi connectivity index (χ1) is 15.3. The molecule has 0 aromatic heterocycles. The highest BCUT2D eigenvalue weighted by Crippen LogP contribution is 2.38. The fourth-order valence-electron chi connectivity index (χ4n) is 3.06. The van der Waals surface area contributed by atoms with Crippen LogP contribution in [0.2, 0.25) is 5.02 Å². The van der Waals surface area contributed by atoms with Gasteiger partial charge in [-0.2, -0.15) is 0 Å². The first-order valence-electron chi connectivity index (χ1n) is 10.0. The van der Waals surface area contributed by atoms with Crippen molar-refractivity contribution in [2.75, 3.05) is 18.1 Å². The van der Waals surface area contributed by atoms with Crippen molar-refractivity contribution in [2.24, 2.45) is 0 Å². The second kappa shape index (κ2) is 10.2. The van der Waals surface area contributed by atoms with E-state index in [1.807, 2.05) is 13.8 Å². The van der Waals surface area contributed by atoms with Gasteiger partial charge in [-0.25, -0.2) is 9.69 Å². The Kier molecular flexibility index (Phi) is 7.58. The number of carbonyl (C=O) groups excluding carboxylic acids is 3. The molecule has 7 nitrogen and oxygen atoms in total. The van der Waals surface area contributed by atoms with Gasteiger partial charge in [0.25, 0.3) is 11.8 Å². The Labute approximate surface area is 199 Å². The molecule has 2 aromatic carbocycles. The molecule has 1 fully saturated rings. The zero-order valence-electron chi connectivity index (χ0n) is 17.8. The van der Waals surface area contributed by atoms with Gasteiger partial charge in [0.05, 0.1) is 23.4 Å². The number of carbonyl (C=O) groups is 3. The summed E-state index contributed by atoms with van der Waals surface area (Å²) in [6, 6.07) is 7.34. The van der Waals surface area contributed by atoms with Gasteiger partial charge in [-0.3, -0.25) is 14.9 Å². The van der Waals surface area contributed by atoms with Gasteiger partial charge < -0.3 is 9.47 Å². The van der Waals surface area contributed by atoms with E-state index in [-0.39, 0.29) is 11.3 Å². The van der Waals surface area contributed by atoms with Crippen molar-refractivity contribution in [1.29, 1.82) is 0 Å². The quantitative estimate of drug-likeness (QED) is 0.397. The van der Waals surface area contributed by atoms with Crippen molar-refractivity contribution in [2.45, 2.75) is 27.2 Å². The first kappa shape index (κ1) is 23.8. The zero-order valence-corrected chi connectivity index (χ0v) is 20.2. The summed E-state index contributed by atoms with van der Waals surface area (Å²) in [6.07, 6.45) is 2.23. The molecule has 32 heavy (non-hydrogen) atoms. The number of barbiturate groups is 1. The van der Waals surface area contributed by atoms with Gasteiger partial charge in [0, 0.05) is 5.02 Å². The average molecular weight is 522 g/mol. The minimum atomic E-state index is -0.837. The van der Waals surface area contributed by atoms with E-state index in [2.05, 4.69) is 21.2 Å². The first-order valence-corrected chi connectivity index (χ1v) is 11.2. The largest absolute Gasteiger partial charge is 0.490 e. The van der Waals surface area contributed by atoms with Crippen LogP contribution in [0.3, 0.4) is 0 Å². The number of aryl methyl sites for hydroxylation is 1. The summed E-state index contributed by atoms with van der Waals surface area (Å²) in [6.45, 7) is 6.56. The monoisotopic (exact) mass is 520 g/mol. The molecule has 0 radical (unpaired) electrons.